The van der Waals surface area contributed by atoms with E-state index in [2.05, 4.69) is 6.07 Å². The fourth-order valence-corrected chi connectivity index (χ4v) is 2.28. The minimum absolute atomic E-state index is 0.0164. The van der Waals surface area contributed by atoms with E-state index in [0.29, 0.717) is 21.4 Å². The summed E-state index contributed by atoms with van der Waals surface area (Å²) >= 11 is 12.2. The van der Waals surface area contributed by atoms with Gasteiger partial charge in [-0.1, -0.05) is 41.4 Å². The van der Waals surface area contributed by atoms with E-state index >= 15 is 0 Å². The molecule has 0 aliphatic rings. The lowest BCUT2D eigenvalue weighted by Crippen LogP contribution is -2.06. The molecule has 20 heavy (non-hydrogen) atoms. The summed E-state index contributed by atoms with van der Waals surface area (Å²) in [5.74, 6) is 0.574. The quantitative estimate of drug-likeness (QED) is 0.769. The van der Waals surface area contributed by atoms with Gasteiger partial charge < -0.3 is 4.74 Å². The second-order valence-electron chi connectivity index (χ2n) is 4.59. The van der Waals surface area contributed by atoms with Crippen molar-refractivity contribution in [2.24, 2.45) is 0 Å². The Kier molecular flexibility index (Phi) is 4.54. The first-order chi connectivity index (χ1) is 9.52. The largest absolute Gasteiger partial charge is 0.490 e. The highest BCUT2D eigenvalue weighted by Gasteiger charge is 2.11. The van der Waals surface area contributed by atoms with Crippen LogP contribution in [0.15, 0.2) is 36.4 Å². The average Bonchev–Trinajstić information content (AvgIpc) is 2.42. The molecule has 0 heterocycles. The van der Waals surface area contributed by atoms with Gasteiger partial charge in [-0.05, 0) is 37.6 Å². The van der Waals surface area contributed by atoms with Gasteiger partial charge in [0.05, 0.1) is 21.7 Å². The van der Waals surface area contributed by atoms with E-state index in [-0.39, 0.29) is 6.10 Å². The van der Waals surface area contributed by atoms with E-state index < -0.39 is 0 Å². The average molecular weight is 306 g/mol. The highest BCUT2D eigenvalue weighted by atomic mass is 35.5. The smallest absolute Gasteiger partial charge is 0.137 e. The highest BCUT2D eigenvalue weighted by molar-refractivity contribution is 6.43. The molecule has 0 N–H and O–H groups in total. The van der Waals surface area contributed by atoms with Crippen LogP contribution in [0.5, 0.6) is 5.75 Å². The number of ether oxygens (including phenoxy) is 1. The lowest BCUT2D eigenvalue weighted by molar-refractivity contribution is 0.242. The van der Waals surface area contributed by atoms with Crippen molar-refractivity contribution in [1.82, 2.24) is 0 Å². The van der Waals surface area contributed by atoms with Crippen LogP contribution >= 0.6 is 23.2 Å². The Balaban J connectivity index is 2.50. The maximum atomic E-state index is 9.24. The molecule has 0 aliphatic heterocycles. The summed E-state index contributed by atoms with van der Waals surface area (Å²) in [5.41, 5.74) is 2.11. The number of nitrogens with zero attached hydrogens (tertiary/aromatic N) is 1. The van der Waals surface area contributed by atoms with Gasteiger partial charge in [-0.3, -0.25) is 0 Å². The number of benzene rings is 2. The number of hydrogen-bond donors (Lipinski definition) is 0. The Morgan fingerprint density at radius 3 is 2.55 bits per heavy atom. The van der Waals surface area contributed by atoms with Gasteiger partial charge in [-0.2, -0.15) is 5.26 Å². The molecule has 2 rings (SSSR count). The van der Waals surface area contributed by atoms with Crippen molar-refractivity contribution in [3.8, 4) is 22.9 Å². The first-order valence-electron chi connectivity index (χ1n) is 6.18. The summed E-state index contributed by atoms with van der Waals surface area (Å²) in [5, 5.41) is 10.2. The zero-order valence-electron chi connectivity index (χ0n) is 11.2. The van der Waals surface area contributed by atoms with Crippen molar-refractivity contribution >= 4 is 23.2 Å². The van der Waals surface area contributed by atoms with Gasteiger partial charge in [0.2, 0.25) is 0 Å². The fourth-order valence-electron chi connectivity index (χ4n) is 1.87. The molecule has 0 aliphatic carbocycles. The summed E-state index contributed by atoms with van der Waals surface area (Å²) in [7, 11) is 0. The molecular formula is C16H13Cl2NO. The fraction of sp³-hybridized carbons (Fsp3) is 0.188. The van der Waals surface area contributed by atoms with Gasteiger partial charge in [0.1, 0.15) is 11.8 Å². The van der Waals surface area contributed by atoms with E-state index in [1.54, 1.807) is 18.2 Å². The standard InChI is InChI=1S/C16H13Cl2NO/c1-10(2)20-15-7-6-11(8-12(15)9-19)13-4-3-5-14(17)16(13)18/h3-8,10H,1-2H3. The molecule has 0 radical (unpaired) electrons. The van der Waals surface area contributed by atoms with Crippen LogP contribution in [0.1, 0.15) is 19.4 Å². The zero-order chi connectivity index (χ0) is 14.7. The van der Waals surface area contributed by atoms with Crippen LogP contribution in [-0.2, 0) is 0 Å². The summed E-state index contributed by atoms with van der Waals surface area (Å²) < 4.78 is 5.60. The monoisotopic (exact) mass is 305 g/mol. The molecule has 0 saturated carbocycles. The highest BCUT2D eigenvalue weighted by Crippen LogP contribution is 2.35. The summed E-state index contributed by atoms with van der Waals surface area (Å²) in [6, 6.07) is 13.0. The molecule has 2 aromatic rings. The molecule has 0 spiro atoms. The van der Waals surface area contributed by atoms with E-state index in [0.717, 1.165) is 11.1 Å². The minimum Gasteiger partial charge on any atom is -0.490 e. The molecule has 0 amide bonds. The minimum atomic E-state index is 0.0164. The molecule has 4 heteroatoms. The summed E-state index contributed by atoms with van der Waals surface area (Å²) in [6.45, 7) is 3.84. The third-order valence-electron chi connectivity index (χ3n) is 2.73. The topological polar surface area (TPSA) is 33.0 Å². The summed E-state index contributed by atoms with van der Waals surface area (Å²) in [6.07, 6.45) is 0.0164. The van der Waals surface area contributed by atoms with Crippen LogP contribution in [-0.4, -0.2) is 6.10 Å². The van der Waals surface area contributed by atoms with Gasteiger partial charge in [0, 0.05) is 5.56 Å². The predicted octanol–water partition coefficient (Wildman–Crippen LogP) is 5.32. The Morgan fingerprint density at radius 1 is 1.15 bits per heavy atom. The molecule has 0 unspecified atom stereocenters. The number of nitriles is 1. The third-order valence-corrected chi connectivity index (χ3v) is 3.54. The normalized spacial score (nSPS) is 10.4. The molecule has 2 aromatic carbocycles. The Hall–Kier alpha value is -1.69. The maximum absolute atomic E-state index is 9.24. The van der Waals surface area contributed by atoms with Crippen molar-refractivity contribution < 1.29 is 4.74 Å². The Morgan fingerprint density at radius 2 is 1.90 bits per heavy atom. The van der Waals surface area contributed by atoms with Gasteiger partial charge in [0.25, 0.3) is 0 Å². The molecule has 0 bridgehead atoms. The van der Waals surface area contributed by atoms with Crippen LogP contribution in [0.2, 0.25) is 10.0 Å². The van der Waals surface area contributed by atoms with E-state index in [9.17, 15) is 5.26 Å². The second-order valence-corrected chi connectivity index (χ2v) is 5.38. The molecule has 102 valence electrons. The number of rotatable bonds is 3. The van der Waals surface area contributed by atoms with Crippen molar-refractivity contribution in [1.29, 1.82) is 5.26 Å². The second kappa shape index (κ2) is 6.17. The molecule has 0 aromatic heterocycles. The van der Waals surface area contributed by atoms with E-state index in [1.807, 2.05) is 32.0 Å². The lowest BCUT2D eigenvalue weighted by atomic mass is 10.0. The molecule has 0 atom stereocenters. The van der Waals surface area contributed by atoms with Gasteiger partial charge in [0.15, 0.2) is 0 Å². The summed E-state index contributed by atoms with van der Waals surface area (Å²) in [4.78, 5) is 0. The maximum Gasteiger partial charge on any atom is 0.137 e. The Labute approximate surface area is 128 Å². The molecule has 2 nitrogen and oxygen atoms in total. The van der Waals surface area contributed by atoms with Crippen molar-refractivity contribution in [3.05, 3.63) is 52.0 Å². The lowest BCUT2D eigenvalue weighted by Gasteiger charge is -2.13. The SMILES string of the molecule is CC(C)Oc1ccc(-c2cccc(Cl)c2Cl)cc1C#N. The third kappa shape index (κ3) is 3.07. The Bertz CT molecular complexity index is 675. The van der Waals surface area contributed by atoms with Crippen LogP contribution in [0.3, 0.4) is 0 Å². The van der Waals surface area contributed by atoms with Crippen LogP contribution in [0.4, 0.5) is 0 Å². The van der Waals surface area contributed by atoms with Crippen molar-refractivity contribution in [2.45, 2.75) is 20.0 Å². The number of halogens is 2. The molecular weight excluding hydrogens is 293 g/mol. The van der Waals surface area contributed by atoms with Crippen molar-refractivity contribution in [3.63, 3.8) is 0 Å². The van der Waals surface area contributed by atoms with E-state index in [1.165, 1.54) is 0 Å². The molecule has 0 saturated heterocycles. The van der Waals surface area contributed by atoms with Crippen LogP contribution in [0, 0.1) is 11.3 Å². The van der Waals surface area contributed by atoms with Crippen LogP contribution < -0.4 is 4.74 Å². The van der Waals surface area contributed by atoms with Gasteiger partial charge in [-0.15, -0.1) is 0 Å². The van der Waals surface area contributed by atoms with Crippen molar-refractivity contribution in [2.75, 3.05) is 0 Å². The first kappa shape index (κ1) is 14.7. The van der Waals surface area contributed by atoms with Gasteiger partial charge >= 0.3 is 0 Å². The first-order valence-corrected chi connectivity index (χ1v) is 6.93. The number of hydrogen-bond acceptors (Lipinski definition) is 2. The zero-order valence-corrected chi connectivity index (χ0v) is 12.7. The predicted molar refractivity (Wildman–Crippen MR) is 82.4 cm³/mol. The van der Waals surface area contributed by atoms with Gasteiger partial charge in [-0.25, -0.2) is 0 Å². The molecule has 0 fully saturated rings. The van der Waals surface area contributed by atoms with E-state index in [4.69, 9.17) is 27.9 Å². The van der Waals surface area contributed by atoms with Crippen LogP contribution in [0.25, 0.3) is 11.1 Å².